The quantitative estimate of drug-likeness (QED) is 0.158. The van der Waals surface area contributed by atoms with Gasteiger partial charge in [0.2, 0.25) is 0 Å². The standard InChI is InChI=1S/C33H29FO6/c1-6-24(35)18-38-30-14-10-21-7-8-22(15-28(21)30)23-9-12-26(29(34)16-23)27-13-11-25(39-32(36)19(2)3)17-31(27)40-33(37)20(4)5/h6-9,11-13,15-17,30H,1-2,4,10,14,18H2,3,5H3. The molecule has 0 amide bonds. The van der Waals surface area contributed by atoms with Crippen LogP contribution >= 0.6 is 0 Å². The number of carbonyl (C=O) groups excluding carboxylic acids is 3. The lowest BCUT2D eigenvalue weighted by atomic mass is 9.96. The molecule has 0 aliphatic heterocycles. The molecule has 0 saturated carbocycles. The predicted octanol–water partition coefficient (Wildman–Crippen LogP) is 6.88. The third kappa shape index (κ3) is 6.33. The molecule has 0 bridgehead atoms. The Morgan fingerprint density at radius 2 is 1.55 bits per heavy atom. The van der Waals surface area contributed by atoms with E-state index in [-0.39, 0.29) is 46.7 Å². The Hall–Kier alpha value is -4.62. The van der Waals surface area contributed by atoms with Crippen LogP contribution in [0.25, 0.3) is 22.3 Å². The van der Waals surface area contributed by atoms with E-state index in [1.165, 1.54) is 44.2 Å². The number of halogens is 1. The molecule has 0 N–H and O–H groups in total. The van der Waals surface area contributed by atoms with E-state index in [9.17, 15) is 14.4 Å². The van der Waals surface area contributed by atoms with Crippen LogP contribution in [0.2, 0.25) is 0 Å². The number of hydrogen-bond donors (Lipinski definition) is 0. The van der Waals surface area contributed by atoms with E-state index in [0.29, 0.717) is 11.1 Å². The molecule has 1 aliphatic carbocycles. The fourth-order valence-electron chi connectivity index (χ4n) is 4.33. The molecule has 0 spiro atoms. The smallest absolute Gasteiger partial charge is 0.338 e. The third-order valence-electron chi connectivity index (χ3n) is 6.48. The first-order chi connectivity index (χ1) is 19.1. The summed E-state index contributed by atoms with van der Waals surface area (Å²) in [5.74, 6) is -1.94. The van der Waals surface area contributed by atoms with Crippen LogP contribution in [-0.2, 0) is 25.5 Å². The summed E-state index contributed by atoms with van der Waals surface area (Å²) in [5, 5.41) is 0. The first-order valence-corrected chi connectivity index (χ1v) is 12.7. The van der Waals surface area contributed by atoms with E-state index in [1.807, 2.05) is 18.2 Å². The van der Waals surface area contributed by atoms with Gasteiger partial charge in [-0.3, -0.25) is 4.79 Å². The zero-order chi connectivity index (χ0) is 29.0. The third-order valence-corrected chi connectivity index (χ3v) is 6.48. The molecule has 4 rings (SSSR count). The van der Waals surface area contributed by atoms with Crippen LogP contribution in [0, 0.1) is 5.82 Å². The van der Waals surface area contributed by atoms with Crippen LogP contribution in [0.5, 0.6) is 11.5 Å². The molecule has 0 fully saturated rings. The van der Waals surface area contributed by atoms with Crippen molar-refractivity contribution in [3.63, 3.8) is 0 Å². The first kappa shape index (κ1) is 28.4. The fourth-order valence-corrected chi connectivity index (χ4v) is 4.33. The van der Waals surface area contributed by atoms with Gasteiger partial charge in [-0.15, -0.1) is 0 Å². The van der Waals surface area contributed by atoms with Crippen molar-refractivity contribution < 1.29 is 33.0 Å². The normalized spacial score (nSPS) is 13.7. The van der Waals surface area contributed by atoms with Crippen molar-refractivity contribution >= 4 is 17.7 Å². The van der Waals surface area contributed by atoms with Crippen molar-refractivity contribution in [3.8, 4) is 33.8 Å². The molecule has 0 aromatic heterocycles. The van der Waals surface area contributed by atoms with Gasteiger partial charge in [0.05, 0.1) is 6.10 Å². The second kappa shape index (κ2) is 12.1. The number of benzene rings is 3. The number of carbonyl (C=O) groups is 3. The van der Waals surface area contributed by atoms with Gasteiger partial charge in [-0.2, -0.15) is 0 Å². The van der Waals surface area contributed by atoms with Crippen LogP contribution < -0.4 is 9.47 Å². The van der Waals surface area contributed by atoms with Crippen molar-refractivity contribution in [2.75, 3.05) is 6.61 Å². The lowest BCUT2D eigenvalue weighted by Crippen LogP contribution is -2.11. The van der Waals surface area contributed by atoms with Gasteiger partial charge in [0, 0.05) is 28.3 Å². The van der Waals surface area contributed by atoms with Gasteiger partial charge < -0.3 is 14.2 Å². The van der Waals surface area contributed by atoms with Crippen molar-refractivity contribution in [2.45, 2.75) is 32.8 Å². The molecule has 3 aromatic carbocycles. The Morgan fingerprint density at radius 1 is 0.900 bits per heavy atom. The topological polar surface area (TPSA) is 78.9 Å². The van der Waals surface area contributed by atoms with Crippen molar-refractivity contribution in [1.82, 2.24) is 0 Å². The predicted molar refractivity (Wildman–Crippen MR) is 150 cm³/mol. The summed E-state index contributed by atoms with van der Waals surface area (Å²) in [6.07, 6.45) is 2.62. The second-order valence-corrected chi connectivity index (χ2v) is 9.61. The lowest BCUT2D eigenvalue weighted by molar-refractivity contribution is -0.130. The fraction of sp³-hybridized carbons (Fsp3) is 0.182. The van der Waals surface area contributed by atoms with Crippen LogP contribution in [-0.4, -0.2) is 24.3 Å². The van der Waals surface area contributed by atoms with Gasteiger partial charge in [-0.25, -0.2) is 14.0 Å². The molecule has 40 heavy (non-hydrogen) atoms. The summed E-state index contributed by atoms with van der Waals surface area (Å²) in [5.41, 5.74) is 4.38. The van der Waals surface area contributed by atoms with Crippen LogP contribution in [0.4, 0.5) is 4.39 Å². The average Bonchev–Trinajstić information content (AvgIpc) is 3.34. The Kier molecular flexibility index (Phi) is 8.55. The van der Waals surface area contributed by atoms with Gasteiger partial charge in [0.15, 0.2) is 5.78 Å². The van der Waals surface area contributed by atoms with Gasteiger partial charge in [-0.05, 0) is 79.3 Å². The minimum absolute atomic E-state index is 0.0123. The van der Waals surface area contributed by atoms with Gasteiger partial charge >= 0.3 is 11.9 Å². The van der Waals surface area contributed by atoms with Crippen LogP contribution in [0.3, 0.4) is 0 Å². The minimum atomic E-state index is -0.702. The summed E-state index contributed by atoms with van der Waals surface area (Å²) in [4.78, 5) is 35.9. The second-order valence-electron chi connectivity index (χ2n) is 9.61. The van der Waals surface area contributed by atoms with E-state index < -0.39 is 17.8 Å². The lowest BCUT2D eigenvalue weighted by Gasteiger charge is -2.15. The molecule has 204 valence electrons. The van der Waals surface area contributed by atoms with Gasteiger partial charge in [0.1, 0.15) is 23.9 Å². The number of rotatable bonds is 10. The molecule has 1 atom stereocenters. The number of ketones is 1. The monoisotopic (exact) mass is 540 g/mol. The number of hydrogen-bond acceptors (Lipinski definition) is 6. The molecular formula is C33H29FO6. The van der Waals surface area contributed by atoms with Crippen molar-refractivity contribution in [2.24, 2.45) is 0 Å². The molecule has 1 aliphatic rings. The van der Waals surface area contributed by atoms with Crippen LogP contribution in [0.1, 0.15) is 37.5 Å². The number of esters is 2. The van der Waals surface area contributed by atoms with Crippen LogP contribution in [0.15, 0.2) is 91.6 Å². The van der Waals surface area contributed by atoms with Gasteiger partial charge in [0.25, 0.3) is 0 Å². The first-order valence-electron chi connectivity index (χ1n) is 12.7. The van der Waals surface area contributed by atoms with E-state index in [1.54, 1.807) is 12.1 Å². The van der Waals surface area contributed by atoms with E-state index in [2.05, 4.69) is 19.7 Å². The summed E-state index contributed by atoms with van der Waals surface area (Å²) in [6.45, 7) is 13.6. The zero-order valence-corrected chi connectivity index (χ0v) is 22.4. The number of ether oxygens (including phenoxy) is 3. The molecular weight excluding hydrogens is 511 g/mol. The Labute approximate surface area is 232 Å². The van der Waals surface area contributed by atoms with Gasteiger partial charge in [-0.1, -0.05) is 44.0 Å². The highest BCUT2D eigenvalue weighted by atomic mass is 19.1. The number of aryl methyl sites for hydroxylation is 1. The maximum atomic E-state index is 15.6. The summed E-state index contributed by atoms with van der Waals surface area (Å²) in [7, 11) is 0. The van der Waals surface area contributed by atoms with Crippen molar-refractivity contribution in [3.05, 3.63) is 109 Å². The highest BCUT2D eigenvalue weighted by Crippen LogP contribution is 2.39. The molecule has 0 saturated heterocycles. The highest BCUT2D eigenvalue weighted by Gasteiger charge is 2.24. The molecule has 3 aromatic rings. The van der Waals surface area contributed by atoms with E-state index in [0.717, 1.165) is 29.5 Å². The largest absolute Gasteiger partial charge is 0.423 e. The maximum absolute atomic E-state index is 15.6. The molecule has 6 nitrogen and oxygen atoms in total. The van der Waals surface area contributed by atoms with Crippen molar-refractivity contribution in [1.29, 1.82) is 0 Å². The highest BCUT2D eigenvalue weighted by molar-refractivity contribution is 5.91. The maximum Gasteiger partial charge on any atom is 0.338 e. The van der Waals surface area contributed by atoms with E-state index >= 15 is 4.39 Å². The minimum Gasteiger partial charge on any atom is -0.423 e. The summed E-state index contributed by atoms with van der Waals surface area (Å²) in [6, 6.07) is 15.0. The Bertz CT molecular complexity index is 1550. The Morgan fingerprint density at radius 3 is 2.23 bits per heavy atom. The number of fused-ring (bicyclic) bond motifs is 1. The zero-order valence-electron chi connectivity index (χ0n) is 22.4. The Balaban J connectivity index is 1.66. The molecule has 0 radical (unpaired) electrons. The summed E-state index contributed by atoms with van der Waals surface area (Å²) >= 11 is 0. The molecule has 1 unspecified atom stereocenters. The van der Waals surface area contributed by atoms with E-state index in [4.69, 9.17) is 14.2 Å². The molecule has 0 heterocycles. The SMILES string of the molecule is C=CC(=O)COC1CCc2ccc(-c3ccc(-c4ccc(OC(=O)C(=C)C)cc4OC(=O)C(=C)C)c(F)c3)cc21. The molecule has 7 heteroatoms. The summed E-state index contributed by atoms with van der Waals surface area (Å²) < 4.78 is 32.1. The average molecular weight is 541 g/mol.